The number of carbonyl (C=O) groups excluding carboxylic acids is 4. The number of aromatic nitrogens is 1. The predicted molar refractivity (Wildman–Crippen MR) is 38.1 cm³/mol. The van der Waals surface area contributed by atoms with Crippen molar-refractivity contribution >= 4 is 23.9 Å². The van der Waals surface area contributed by atoms with E-state index in [1.807, 2.05) is 0 Å². The van der Waals surface area contributed by atoms with Crippen LogP contribution in [0.4, 0.5) is 0 Å². The average molecular weight is 395 g/mol. The molecule has 90 valence electrons. The summed E-state index contributed by atoms with van der Waals surface area (Å²) in [6.45, 7) is 0. The zero-order chi connectivity index (χ0) is 13.3. The second-order valence-corrected chi connectivity index (χ2v) is 2.77. The third-order valence-corrected chi connectivity index (χ3v) is 1.82. The van der Waals surface area contributed by atoms with Gasteiger partial charge in [-0.1, -0.05) is 0 Å². The van der Waals surface area contributed by atoms with E-state index < -0.39 is 46.4 Å². The molecule has 0 radical (unpaired) electrons. The van der Waals surface area contributed by atoms with Crippen molar-refractivity contribution < 1.29 is 245 Å². The van der Waals surface area contributed by atoms with Crippen molar-refractivity contribution in [1.29, 1.82) is 0 Å². The minimum atomic E-state index is -2.20. The second-order valence-electron chi connectivity index (χ2n) is 2.77. The van der Waals surface area contributed by atoms with Gasteiger partial charge in [-0.3, -0.25) is 0 Å². The molecule has 1 rings (SSSR count). The number of H-pyrrole nitrogens is 1. The molecule has 0 aliphatic heterocycles. The van der Waals surface area contributed by atoms with E-state index in [0.717, 1.165) is 0 Å². The molecule has 0 fully saturated rings. The molecule has 0 bridgehead atoms. The molecule has 0 aliphatic rings. The predicted octanol–water partition coefficient (Wildman–Crippen LogP) is -17.5. The minimum Gasteiger partial charge on any atom is -0.545 e. The van der Waals surface area contributed by atoms with Crippen molar-refractivity contribution in [1.82, 2.24) is 4.98 Å². The molecule has 0 amide bonds. The van der Waals surface area contributed by atoms with Gasteiger partial charge in [-0.2, -0.15) is 0 Å². The summed E-state index contributed by atoms with van der Waals surface area (Å²) in [7, 11) is 0. The first kappa shape index (κ1) is 32.4. The zero-order valence-corrected chi connectivity index (χ0v) is 24.3. The normalized spacial score (nSPS) is 8.00. The van der Waals surface area contributed by atoms with Crippen molar-refractivity contribution in [2.75, 3.05) is 0 Å². The number of carbonyl (C=O) groups is 4. The van der Waals surface area contributed by atoms with Crippen molar-refractivity contribution in [2.24, 2.45) is 0 Å². The van der Waals surface area contributed by atoms with E-state index in [0.29, 0.717) is 0 Å². The maximum absolute atomic E-state index is 10.6. The molecular weight excluding hydrogens is 394 g/mol. The summed E-state index contributed by atoms with van der Waals surface area (Å²) in [4.78, 5) is 43.6. The van der Waals surface area contributed by atoms with Gasteiger partial charge in [0.1, 0.15) is 0 Å². The van der Waals surface area contributed by atoms with Crippen molar-refractivity contribution in [3.63, 3.8) is 0 Å². The standard InChI is InChI=1S/C8H5NO8.4K/c10-5(11)1-2(6(12)13)4(8(16)17)9-3(1)7(14)15;;;;/h9H,(H,10,11)(H,12,13)(H,14,15)(H,16,17);;;;/q;4*+1/p-4. The van der Waals surface area contributed by atoms with Crippen molar-refractivity contribution in [3.05, 3.63) is 22.5 Å². The summed E-state index contributed by atoms with van der Waals surface area (Å²) in [5.41, 5.74) is -5.24. The molecule has 0 saturated carbocycles. The quantitative estimate of drug-likeness (QED) is 0.488. The van der Waals surface area contributed by atoms with Crippen LogP contribution >= 0.6 is 0 Å². The molecule has 0 atom stereocenters. The van der Waals surface area contributed by atoms with Crippen molar-refractivity contribution in [2.45, 2.75) is 0 Å². The van der Waals surface area contributed by atoms with E-state index in [-0.39, 0.29) is 206 Å². The van der Waals surface area contributed by atoms with Gasteiger partial charge in [0, 0.05) is 11.1 Å². The van der Waals surface area contributed by atoms with Gasteiger partial charge >= 0.3 is 206 Å². The van der Waals surface area contributed by atoms with Crippen LogP contribution in [-0.2, 0) is 0 Å². The second kappa shape index (κ2) is 14.8. The van der Waals surface area contributed by atoms with E-state index in [1.54, 1.807) is 4.98 Å². The molecular formula is C8HK4NO8. The molecule has 9 nitrogen and oxygen atoms in total. The molecule has 0 aromatic carbocycles. The fourth-order valence-electron chi connectivity index (χ4n) is 1.21. The summed E-state index contributed by atoms with van der Waals surface area (Å²) in [5.74, 6) is -8.63. The van der Waals surface area contributed by atoms with E-state index in [1.165, 1.54) is 0 Å². The Labute approximate surface area is 288 Å². The fraction of sp³-hybridized carbons (Fsp3) is 0. The van der Waals surface area contributed by atoms with Gasteiger partial charge in [0.2, 0.25) is 0 Å². The largest absolute Gasteiger partial charge is 1.00 e. The number of aromatic carboxylic acids is 4. The zero-order valence-electron chi connectivity index (χ0n) is 11.8. The third kappa shape index (κ3) is 8.76. The molecule has 1 N–H and O–H groups in total. The Morgan fingerprint density at radius 1 is 0.571 bits per heavy atom. The Hall–Kier alpha value is 3.71. The Bertz CT molecular complexity index is 508. The topological polar surface area (TPSA) is 176 Å². The molecule has 21 heavy (non-hydrogen) atoms. The van der Waals surface area contributed by atoms with E-state index in [9.17, 15) is 39.6 Å². The number of nitrogens with one attached hydrogen (secondary N) is 1. The molecule has 13 heteroatoms. The Balaban J connectivity index is -0.000000361. The van der Waals surface area contributed by atoms with E-state index in [4.69, 9.17) is 0 Å². The van der Waals surface area contributed by atoms with E-state index in [2.05, 4.69) is 0 Å². The van der Waals surface area contributed by atoms with Gasteiger partial charge in [-0.15, -0.1) is 0 Å². The maximum Gasteiger partial charge on any atom is 1.00 e. The fourth-order valence-corrected chi connectivity index (χ4v) is 1.21. The Morgan fingerprint density at radius 2 is 0.810 bits per heavy atom. The number of hydrogen-bond donors (Lipinski definition) is 1. The van der Waals surface area contributed by atoms with Gasteiger partial charge in [0.15, 0.2) is 0 Å². The molecule has 1 aromatic heterocycles. The molecule has 1 heterocycles. The monoisotopic (exact) mass is 395 g/mol. The maximum atomic E-state index is 10.6. The number of aromatic amines is 1. The number of rotatable bonds is 4. The molecule has 1 aromatic rings. The van der Waals surface area contributed by atoms with Gasteiger partial charge in [0.05, 0.1) is 35.3 Å². The third-order valence-electron chi connectivity index (χ3n) is 1.82. The molecule has 0 saturated heterocycles. The molecule has 0 aliphatic carbocycles. The number of hydrogen-bond acceptors (Lipinski definition) is 8. The SMILES string of the molecule is O=C([O-])c1[nH]c(C(=O)[O-])c(C(=O)[O-])c1C(=O)[O-].[K+].[K+].[K+].[K+]. The van der Waals surface area contributed by atoms with Crippen LogP contribution < -0.4 is 226 Å². The number of carboxylic acid groups (broad SMARTS) is 4. The van der Waals surface area contributed by atoms with Gasteiger partial charge in [-0.05, 0) is 0 Å². The van der Waals surface area contributed by atoms with Crippen LogP contribution in [0.1, 0.15) is 41.7 Å². The van der Waals surface area contributed by atoms with Crippen LogP contribution in [0.3, 0.4) is 0 Å². The first-order valence-corrected chi connectivity index (χ1v) is 3.88. The summed E-state index contributed by atoms with van der Waals surface area (Å²) < 4.78 is 0. The van der Waals surface area contributed by atoms with Crippen molar-refractivity contribution in [3.8, 4) is 0 Å². The van der Waals surface area contributed by atoms with Crippen LogP contribution in [0.25, 0.3) is 0 Å². The first-order valence-electron chi connectivity index (χ1n) is 3.88. The van der Waals surface area contributed by atoms with Crippen LogP contribution in [0, 0.1) is 0 Å². The summed E-state index contributed by atoms with van der Waals surface area (Å²) in [6, 6.07) is 0. The van der Waals surface area contributed by atoms with Gasteiger partial charge in [0.25, 0.3) is 0 Å². The van der Waals surface area contributed by atoms with Gasteiger partial charge < -0.3 is 44.6 Å². The first-order chi connectivity index (χ1) is 7.77. The average Bonchev–Trinajstić information content (AvgIpc) is 2.56. The van der Waals surface area contributed by atoms with Gasteiger partial charge in [-0.25, -0.2) is 0 Å². The Kier molecular flexibility index (Phi) is 22.9. The summed E-state index contributed by atoms with van der Waals surface area (Å²) in [5, 5.41) is 42.1. The summed E-state index contributed by atoms with van der Waals surface area (Å²) >= 11 is 0. The van der Waals surface area contributed by atoms with Crippen LogP contribution in [0.15, 0.2) is 0 Å². The molecule has 0 unspecified atom stereocenters. The summed E-state index contributed by atoms with van der Waals surface area (Å²) in [6.07, 6.45) is 0. The van der Waals surface area contributed by atoms with Crippen LogP contribution in [0.5, 0.6) is 0 Å². The van der Waals surface area contributed by atoms with Crippen LogP contribution in [0.2, 0.25) is 0 Å². The van der Waals surface area contributed by atoms with E-state index >= 15 is 0 Å². The Morgan fingerprint density at radius 3 is 0.952 bits per heavy atom. The minimum absolute atomic E-state index is 0. The molecule has 0 spiro atoms. The number of carboxylic acids is 4. The smallest absolute Gasteiger partial charge is 0.545 e. The van der Waals surface area contributed by atoms with Crippen LogP contribution in [-0.4, -0.2) is 28.9 Å².